The Morgan fingerprint density at radius 1 is 1.09 bits per heavy atom. The van der Waals surface area contributed by atoms with Crippen molar-refractivity contribution in [1.82, 2.24) is 14.7 Å². The molecule has 1 aromatic rings. The van der Waals surface area contributed by atoms with Crippen LogP contribution < -0.4 is 4.74 Å². The van der Waals surface area contributed by atoms with Gasteiger partial charge in [0.25, 0.3) is 0 Å². The molecule has 3 fully saturated rings. The summed E-state index contributed by atoms with van der Waals surface area (Å²) in [5, 5.41) is 0. The number of rotatable bonds is 6. The Labute approximate surface area is 193 Å². The molecule has 0 aliphatic carbocycles. The number of hydrogen-bond acceptors (Lipinski definition) is 5. The Balaban J connectivity index is 1.23. The number of benzene rings is 1. The van der Waals surface area contributed by atoms with Gasteiger partial charge in [0.15, 0.2) is 0 Å². The number of carbonyl (C=O) groups excluding carboxylic acids is 1. The molecule has 0 unspecified atom stereocenters. The minimum Gasteiger partial charge on any atom is -0.497 e. The van der Waals surface area contributed by atoms with E-state index in [0.717, 1.165) is 57.6 Å². The molecule has 1 atom stereocenters. The zero-order chi connectivity index (χ0) is 22.6. The first-order valence-electron chi connectivity index (χ1n) is 12.5. The molecule has 1 amide bonds. The average molecular weight is 444 g/mol. The molecule has 3 aliphatic heterocycles. The first kappa shape index (κ1) is 23.5. The molecule has 0 aromatic heterocycles. The minimum absolute atomic E-state index is 0.0230. The maximum Gasteiger partial charge on any atom is 0.222 e. The van der Waals surface area contributed by atoms with Gasteiger partial charge in [0.1, 0.15) is 5.75 Å². The summed E-state index contributed by atoms with van der Waals surface area (Å²) in [6, 6.07) is 9.30. The van der Waals surface area contributed by atoms with Crippen LogP contribution in [0.25, 0.3) is 0 Å². The van der Waals surface area contributed by atoms with E-state index in [1.165, 1.54) is 31.7 Å². The van der Waals surface area contributed by atoms with Gasteiger partial charge in [-0.15, -0.1) is 0 Å². The van der Waals surface area contributed by atoms with Crippen LogP contribution in [0.1, 0.15) is 51.5 Å². The minimum atomic E-state index is -0.0230. The zero-order valence-corrected chi connectivity index (χ0v) is 20.2. The maximum absolute atomic E-state index is 12.8. The molecule has 178 valence electrons. The van der Waals surface area contributed by atoms with E-state index in [1.807, 2.05) is 24.3 Å². The molecular formula is C26H41N3O3. The molecular weight excluding hydrogens is 402 g/mol. The van der Waals surface area contributed by atoms with Crippen LogP contribution in [-0.2, 0) is 16.0 Å². The average Bonchev–Trinajstić information content (AvgIpc) is 2.83. The van der Waals surface area contributed by atoms with Crippen LogP contribution in [0, 0.1) is 0 Å². The molecule has 0 bridgehead atoms. The summed E-state index contributed by atoms with van der Waals surface area (Å²) in [4.78, 5) is 20.2. The molecule has 4 rings (SSSR count). The molecule has 0 N–H and O–H groups in total. The second-order valence-corrected chi connectivity index (χ2v) is 10.1. The van der Waals surface area contributed by atoms with Crippen LogP contribution in [0.15, 0.2) is 24.3 Å². The lowest BCUT2D eigenvalue weighted by molar-refractivity contribution is -0.150. The van der Waals surface area contributed by atoms with E-state index in [-0.39, 0.29) is 11.5 Å². The monoisotopic (exact) mass is 443 g/mol. The third-order valence-corrected chi connectivity index (χ3v) is 7.88. The van der Waals surface area contributed by atoms with E-state index in [0.29, 0.717) is 18.5 Å². The van der Waals surface area contributed by atoms with E-state index >= 15 is 0 Å². The predicted molar refractivity (Wildman–Crippen MR) is 127 cm³/mol. The van der Waals surface area contributed by atoms with E-state index in [2.05, 4.69) is 28.5 Å². The Hall–Kier alpha value is -1.63. The highest BCUT2D eigenvalue weighted by Gasteiger charge is 2.42. The number of ether oxygens (including phenoxy) is 2. The maximum atomic E-state index is 12.8. The van der Waals surface area contributed by atoms with Gasteiger partial charge in [0.05, 0.1) is 12.7 Å². The van der Waals surface area contributed by atoms with Gasteiger partial charge in [-0.25, -0.2) is 0 Å². The summed E-state index contributed by atoms with van der Waals surface area (Å²) in [5.74, 6) is 1.13. The Morgan fingerprint density at radius 2 is 1.78 bits per heavy atom. The lowest BCUT2D eigenvalue weighted by Crippen LogP contribution is -2.58. The molecule has 1 spiro atoms. The Bertz CT molecular complexity index is 735. The number of likely N-dealkylation sites (tertiary alicyclic amines) is 1. The Kier molecular flexibility index (Phi) is 7.74. The van der Waals surface area contributed by atoms with Crippen molar-refractivity contribution in [2.45, 2.75) is 70.1 Å². The molecule has 3 heterocycles. The lowest BCUT2D eigenvalue weighted by atomic mass is 9.81. The number of piperidine rings is 1. The second-order valence-electron chi connectivity index (χ2n) is 10.1. The zero-order valence-electron chi connectivity index (χ0n) is 20.2. The number of nitrogens with zero attached hydrogens (tertiary/aromatic N) is 3. The van der Waals surface area contributed by atoms with E-state index in [4.69, 9.17) is 9.47 Å². The van der Waals surface area contributed by atoms with Gasteiger partial charge in [0.2, 0.25) is 5.91 Å². The first-order valence-corrected chi connectivity index (χ1v) is 12.5. The van der Waals surface area contributed by atoms with Crippen LogP contribution >= 0.6 is 0 Å². The van der Waals surface area contributed by atoms with E-state index in [1.54, 1.807) is 7.11 Å². The molecule has 0 saturated carbocycles. The van der Waals surface area contributed by atoms with Crippen LogP contribution in [0.5, 0.6) is 5.75 Å². The van der Waals surface area contributed by atoms with Crippen molar-refractivity contribution < 1.29 is 14.3 Å². The van der Waals surface area contributed by atoms with E-state index < -0.39 is 0 Å². The molecule has 6 nitrogen and oxygen atoms in total. The number of piperazine rings is 1. The van der Waals surface area contributed by atoms with Crippen molar-refractivity contribution in [3.05, 3.63) is 29.8 Å². The fourth-order valence-electron chi connectivity index (χ4n) is 5.65. The summed E-state index contributed by atoms with van der Waals surface area (Å²) in [5.41, 5.74) is 1.16. The van der Waals surface area contributed by atoms with Crippen molar-refractivity contribution in [1.29, 1.82) is 0 Å². The molecule has 3 aliphatic rings. The van der Waals surface area contributed by atoms with Gasteiger partial charge in [-0.3, -0.25) is 14.6 Å². The highest BCUT2D eigenvalue weighted by Crippen LogP contribution is 2.37. The normalized spacial score (nSPS) is 24.8. The van der Waals surface area contributed by atoms with Crippen LogP contribution in [0.4, 0.5) is 0 Å². The molecule has 1 aromatic carbocycles. The SMILES string of the molecule is COc1ccc(CCC(=O)N2CCC3(CC2)C[C@@H](N2CCN(C(C)C)CC2)CCO3)cc1. The van der Waals surface area contributed by atoms with Gasteiger partial charge < -0.3 is 14.4 Å². The summed E-state index contributed by atoms with van der Waals surface area (Å²) < 4.78 is 11.6. The van der Waals surface area contributed by atoms with Crippen LogP contribution in [-0.4, -0.2) is 91.3 Å². The second kappa shape index (κ2) is 10.5. The number of hydrogen-bond donors (Lipinski definition) is 0. The first-order chi connectivity index (χ1) is 15.5. The highest BCUT2D eigenvalue weighted by molar-refractivity contribution is 5.76. The van der Waals surface area contributed by atoms with Crippen LogP contribution in [0.2, 0.25) is 0 Å². The number of aryl methyl sites for hydroxylation is 1. The van der Waals surface area contributed by atoms with Crippen molar-refractivity contribution in [2.24, 2.45) is 0 Å². The highest BCUT2D eigenvalue weighted by atomic mass is 16.5. The van der Waals surface area contributed by atoms with Crippen molar-refractivity contribution >= 4 is 5.91 Å². The third kappa shape index (κ3) is 5.64. The summed E-state index contributed by atoms with van der Waals surface area (Å²) in [7, 11) is 1.67. The van der Waals surface area contributed by atoms with Crippen molar-refractivity contribution in [2.75, 3.05) is 53.0 Å². The number of amides is 1. The quantitative estimate of drug-likeness (QED) is 0.676. The molecule has 32 heavy (non-hydrogen) atoms. The smallest absolute Gasteiger partial charge is 0.222 e. The number of methoxy groups -OCH3 is 1. The van der Waals surface area contributed by atoms with Crippen molar-refractivity contribution in [3.63, 3.8) is 0 Å². The standard InChI is InChI=1S/C26H41N3O3/c1-21(2)27-15-17-28(18-16-27)23-10-19-32-26(20-23)11-13-29(14-12-26)25(30)9-6-22-4-7-24(31-3)8-5-22/h4-5,7-8,21,23H,6,9-20H2,1-3H3/t23-/m0/s1. The largest absolute Gasteiger partial charge is 0.497 e. The lowest BCUT2D eigenvalue weighted by Gasteiger charge is -2.50. The fraction of sp³-hybridized carbons (Fsp3) is 0.731. The molecule has 0 radical (unpaired) electrons. The van der Waals surface area contributed by atoms with Gasteiger partial charge in [-0.05, 0) is 63.6 Å². The van der Waals surface area contributed by atoms with Gasteiger partial charge in [-0.1, -0.05) is 12.1 Å². The summed E-state index contributed by atoms with van der Waals surface area (Å²) in [6.07, 6.45) is 5.58. The number of carbonyl (C=O) groups is 1. The van der Waals surface area contributed by atoms with Gasteiger partial charge in [-0.2, -0.15) is 0 Å². The summed E-state index contributed by atoms with van der Waals surface area (Å²) >= 11 is 0. The van der Waals surface area contributed by atoms with Crippen molar-refractivity contribution in [3.8, 4) is 5.75 Å². The Morgan fingerprint density at radius 3 is 2.41 bits per heavy atom. The molecule has 3 saturated heterocycles. The van der Waals surface area contributed by atoms with Crippen LogP contribution in [0.3, 0.4) is 0 Å². The van der Waals surface area contributed by atoms with Gasteiger partial charge >= 0.3 is 0 Å². The predicted octanol–water partition coefficient (Wildman–Crippen LogP) is 3.19. The third-order valence-electron chi connectivity index (χ3n) is 7.88. The van der Waals surface area contributed by atoms with E-state index in [9.17, 15) is 4.79 Å². The topological polar surface area (TPSA) is 45.2 Å². The summed E-state index contributed by atoms with van der Waals surface area (Å²) in [6.45, 7) is 11.8. The van der Waals surface area contributed by atoms with Gasteiger partial charge in [0, 0.05) is 64.4 Å². The fourth-order valence-corrected chi connectivity index (χ4v) is 5.65. The molecule has 6 heteroatoms.